The molecule has 27 heavy (non-hydrogen) atoms. The van der Waals surface area contributed by atoms with Crippen molar-refractivity contribution in [2.75, 3.05) is 10.2 Å². The molecule has 1 unspecified atom stereocenters. The summed E-state index contributed by atoms with van der Waals surface area (Å²) in [6.07, 6.45) is 3.67. The number of hydrogen-bond donors (Lipinski definition) is 2. The second-order valence-electron chi connectivity index (χ2n) is 7.95. The summed E-state index contributed by atoms with van der Waals surface area (Å²) >= 11 is 0. The average molecular weight is 362 g/mol. The summed E-state index contributed by atoms with van der Waals surface area (Å²) in [6.45, 7) is 6.13. The fraction of sp³-hybridized carbons (Fsp3) is 0.455. The molecule has 5 nitrogen and oxygen atoms in total. The number of pyridine rings is 1. The Kier molecular flexibility index (Phi) is 4.53. The molecule has 1 aromatic carbocycles. The molecule has 0 radical (unpaired) electrons. The van der Waals surface area contributed by atoms with Gasteiger partial charge in [-0.15, -0.1) is 0 Å². The number of nitrogens with one attached hydrogen (secondary N) is 1. The van der Waals surface area contributed by atoms with Gasteiger partial charge in [-0.25, -0.2) is 4.98 Å². The second-order valence-corrected chi connectivity index (χ2v) is 7.95. The topological polar surface area (TPSA) is 72.2 Å². The number of benzene rings is 1. The molecule has 2 aliphatic rings. The SMILES string of the molecule is Cc1ccnc(N[C@H]2c3cc(C#N)ccc3N(C(C)O)[C@@H](C3CC3)[C@@H]2C)c1. The van der Waals surface area contributed by atoms with Crippen LogP contribution in [-0.2, 0) is 0 Å². The summed E-state index contributed by atoms with van der Waals surface area (Å²) in [6, 6.07) is 12.4. The summed E-state index contributed by atoms with van der Waals surface area (Å²) in [4.78, 5) is 6.64. The van der Waals surface area contributed by atoms with Gasteiger partial charge in [0.15, 0.2) is 0 Å². The molecule has 2 N–H and O–H groups in total. The number of nitriles is 1. The summed E-state index contributed by atoms with van der Waals surface area (Å²) < 4.78 is 0. The molecule has 5 heteroatoms. The van der Waals surface area contributed by atoms with E-state index >= 15 is 0 Å². The summed E-state index contributed by atoms with van der Waals surface area (Å²) in [7, 11) is 0. The largest absolute Gasteiger partial charge is 0.374 e. The van der Waals surface area contributed by atoms with Crippen molar-refractivity contribution in [1.82, 2.24) is 4.98 Å². The Morgan fingerprint density at radius 2 is 2.07 bits per heavy atom. The van der Waals surface area contributed by atoms with Crippen LogP contribution in [0.4, 0.5) is 11.5 Å². The Labute approximate surface area is 160 Å². The van der Waals surface area contributed by atoms with Gasteiger partial charge in [0.1, 0.15) is 12.0 Å². The van der Waals surface area contributed by atoms with Gasteiger partial charge in [0.2, 0.25) is 0 Å². The van der Waals surface area contributed by atoms with Crippen molar-refractivity contribution in [1.29, 1.82) is 5.26 Å². The van der Waals surface area contributed by atoms with Crippen LogP contribution in [0.1, 0.15) is 49.4 Å². The molecule has 2 aromatic rings. The number of hydrogen-bond acceptors (Lipinski definition) is 5. The van der Waals surface area contributed by atoms with Gasteiger partial charge in [0, 0.05) is 23.8 Å². The van der Waals surface area contributed by atoms with Crippen LogP contribution in [0.15, 0.2) is 36.5 Å². The van der Waals surface area contributed by atoms with E-state index in [1.807, 2.05) is 43.5 Å². The van der Waals surface area contributed by atoms with Crippen LogP contribution >= 0.6 is 0 Å². The van der Waals surface area contributed by atoms with Gasteiger partial charge in [-0.05, 0) is 74.1 Å². The van der Waals surface area contributed by atoms with E-state index in [1.165, 1.54) is 12.8 Å². The molecule has 0 amide bonds. The third-order valence-electron chi connectivity index (χ3n) is 5.88. The first-order valence-corrected chi connectivity index (χ1v) is 9.69. The first-order chi connectivity index (χ1) is 13.0. The second kappa shape index (κ2) is 6.86. The maximum Gasteiger partial charge on any atom is 0.126 e. The lowest BCUT2D eigenvalue weighted by molar-refractivity contribution is 0.151. The summed E-state index contributed by atoms with van der Waals surface area (Å²) in [5.41, 5.74) is 3.87. The predicted octanol–water partition coefficient (Wildman–Crippen LogP) is 3.99. The fourth-order valence-corrected chi connectivity index (χ4v) is 4.53. The van der Waals surface area contributed by atoms with Crippen molar-refractivity contribution < 1.29 is 5.11 Å². The molecular formula is C22H26N4O. The molecule has 1 aromatic heterocycles. The zero-order chi connectivity index (χ0) is 19.1. The Bertz CT molecular complexity index is 884. The summed E-state index contributed by atoms with van der Waals surface area (Å²) in [5, 5.41) is 23.6. The minimum atomic E-state index is -0.567. The molecule has 0 saturated heterocycles. The lowest BCUT2D eigenvalue weighted by Gasteiger charge is -2.48. The van der Waals surface area contributed by atoms with E-state index in [0.717, 1.165) is 22.6 Å². The van der Waals surface area contributed by atoms with E-state index in [1.54, 1.807) is 0 Å². The summed E-state index contributed by atoms with van der Waals surface area (Å²) in [5.74, 6) is 1.73. The fourth-order valence-electron chi connectivity index (χ4n) is 4.53. The van der Waals surface area contributed by atoms with Gasteiger partial charge in [-0.2, -0.15) is 5.26 Å². The van der Waals surface area contributed by atoms with E-state index in [9.17, 15) is 10.4 Å². The molecule has 0 spiro atoms. The Hall–Kier alpha value is -2.58. The molecule has 4 atom stereocenters. The van der Waals surface area contributed by atoms with Gasteiger partial charge in [0.25, 0.3) is 0 Å². The number of aromatic nitrogens is 1. The van der Waals surface area contributed by atoms with Crippen LogP contribution in [0, 0.1) is 30.1 Å². The third-order valence-corrected chi connectivity index (χ3v) is 5.88. The maximum absolute atomic E-state index is 10.6. The molecule has 4 rings (SSSR count). The Balaban J connectivity index is 1.81. The van der Waals surface area contributed by atoms with Crippen molar-refractivity contribution >= 4 is 11.5 Å². The molecule has 0 bridgehead atoms. The van der Waals surface area contributed by atoms with Gasteiger partial charge < -0.3 is 15.3 Å². The molecule has 2 heterocycles. The van der Waals surface area contributed by atoms with Crippen LogP contribution in [0.25, 0.3) is 0 Å². The zero-order valence-corrected chi connectivity index (χ0v) is 16.1. The van der Waals surface area contributed by atoms with Gasteiger partial charge >= 0.3 is 0 Å². The highest BCUT2D eigenvalue weighted by Gasteiger charge is 2.47. The standard InChI is InChI=1S/C22H26N4O/c1-13-8-9-24-20(10-13)25-21-14(2)22(17-5-6-17)26(15(3)27)19-7-4-16(12-23)11-18(19)21/h4,7-11,14-15,17,21-22,27H,5-6H2,1-3H3,(H,24,25)/t14-,15?,21-,22-/m1/s1. The molecule has 1 saturated carbocycles. The third kappa shape index (κ3) is 3.26. The lowest BCUT2D eigenvalue weighted by atomic mass is 9.79. The normalized spacial score (nSPS) is 25.4. The predicted molar refractivity (Wildman–Crippen MR) is 106 cm³/mol. The number of nitrogens with zero attached hydrogens (tertiary/aromatic N) is 3. The van der Waals surface area contributed by atoms with Crippen molar-refractivity contribution in [3.8, 4) is 6.07 Å². The van der Waals surface area contributed by atoms with Crippen LogP contribution in [0.3, 0.4) is 0 Å². The van der Waals surface area contributed by atoms with Gasteiger partial charge in [-0.3, -0.25) is 0 Å². The van der Waals surface area contributed by atoms with Crippen LogP contribution in [-0.4, -0.2) is 22.4 Å². The molecule has 140 valence electrons. The van der Waals surface area contributed by atoms with Crippen molar-refractivity contribution in [2.45, 2.75) is 51.9 Å². The average Bonchev–Trinajstić information content (AvgIpc) is 3.47. The number of aliphatic hydroxyl groups is 1. The Morgan fingerprint density at radius 1 is 1.30 bits per heavy atom. The number of aliphatic hydroxyl groups excluding tert-OH is 1. The van der Waals surface area contributed by atoms with Crippen LogP contribution < -0.4 is 10.2 Å². The lowest BCUT2D eigenvalue weighted by Crippen LogP contribution is -2.52. The Morgan fingerprint density at radius 3 is 2.70 bits per heavy atom. The molecular weight excluding hydrogens is 336 g/mol. The number of aryl methyl sites for hydroxylation is 1. The molecule has 1 aliphatic heterocycles. The van der Waals surface area contributed by atoms with Crippen molar-refractivity contribution in [3.05, 3.63) is 53.2 Å². The number of fused-ring (bicyclic) bond motifs is 1. The van der Waals surface area contributed by atoms with E-state index in [4.69, 9.17) is 0 Å². The van der Waals surface area contributed by atoms with Gasteiger partial charge in [0.05, 0.1) is 17.7 Å². The van der Waals surface area contributed by atoms with E-state index in [-0.39, 0.29) is 18.0 Å². The van der Waals surface area contributed by atoms with Crippen molar-refractivity contribution in [3.63, 3.8) is 0 Å². The molecule has 1 aliphatic carbocycles. The van der Waals surface area contributed by atoms with E-state index < -0.39 is 6.23 Å². The minimum absolute atomic E-state index is 0.0446. The number of rotatable bonds is 4. The highest BCUT2D eigenvalue weighted by molar-refractivity contribution is 5.63. The maximum atomic E-state index is 10.6. The van der Waals surface area contributed by atoms with Gasteiger partial charge in [-0.1, -0.05) is 6.92 Å². The highest BCUT2D eigenvalue weighted by Crippen LogP contribution is 2.50. The number of anilines is 2. The minimum Gasteiger partial charge on any atom is -0.374 e. The highest BCUT2D eigenvalue weighted by atomic mass is 16.3. The van der Waals surface area contributed by atoms with E-state index in [2.05, 4.69) is 35.1 Å². The van der Waals surface area contributed by atoms with Crippen LogP contribution in [0.5, 0.6) is 0 Å². The zero-order valence-electron chi connectivity index (χ0n) is 16.1. The van der Waals surface area contributed by atoms with E-state index in [0.29, 0.717) is 11.5 Å². The smallest absolute Gasteiger partial charge is 0.126 e. The first kappa shape index (κ1) is 17.8. The van der Waals surface area contributed by atoms with Crippen LogP contribution in [0.2, 0.25) is 0 Å². The molecule has 1 fully saturated rings. The first-order valence-electron chi connectivity index (χ1n) is 9.69. The van der Waals surface area contributed by atoms with Crippen molar-refractivity contribution in [2.24, 2.45) is 11.8 Å². The quantitative estimate of drug-likeness (QED) is 0.860. The monoisotopic (exact) mass is 362 g/mol.